The minimum atomic E-state index is -0.525. The van der Waals surface area contributed by atoms with Crippen molar-refractivity contribution in [3.63, 3.8) is 0 Å². The first-order valence-corrected chi connectivity index (χ1v) is 15.4. The molecule has 1 fully saturated rings. The molecule has 0 saturated heterocycles. The molecule has 2 aliphatic heterocycles. The number of rotatable bonds is 5. The topological polar surface area (TPSA) is 89.7 Å². The highest BCUT2D eigenvalue weighted by atomic mass is 35.5. The van der Waals surface area contributed by atoms with Gasteiger partial charge in [0.15, 0.2) is 5.82 Å². The van der Waals surface area contributed by atoms with Crippen LogP contribution in [0.2, 0.25) is 5.02 Å². The Hall–Kier alpha value is -2.85. The summed E-state index contributed by atoms with van der Waals surface area (Å²) >= 11 is 8.70. The second kappa shape index (κ2) is 8.82. The lowest BCUT2D eigenvalue weighted by atomic mass is 9.81. The maximum atomic E-state index is 13.6. The number of hydrogen-bond acceptors (Lipinski definition) is 7. The molecule has 206 valence electrons. The van der Waals surface area contributed by atoms with Crippen LogP contribution in [0, 0.1) is 12.8 Å². The Balaban J connectivity index is 1.13. The van der Waals surface area contributed by atoms with Gasteiger partial charge in [0.05, 0.1) is 17.6 Å². The van der Waals surface area contributed by atoms with E-state index >= 15 is 0 Å². The smallest absolute Gasteiger partial charge is 0.158 e. The van der Waals surface area contributed by atoms with Crippen molar-refractivity contribution in [2.45, 2.75) is 76.0 Å². The maximum absolute atomic E-state index is 13.6. The van der Waals surface area contributed by atoms with Crippen LogP contribution >= 0.6 is 22.9 Å². The molecule has 40 heavy (non-hydrogen) atoms. The van der Waals surface area contributed by atoms with Crippen LogP contribution in [-0.2, 0) is 41.7 Å². The summed E-state index contributed by atoms with van der Waals surface area (Å²) in [5, 5.41) is 23.1. The standard InChI is InChI=1S/C30H32ClN7OS/c1-17-34-35-28-30(9-10-30)36-29(2,22-5-3-4-6-23(22)31)26-21-13-18(14-25(21)40-27(26)38(17)28)24(39)16-32-19-8-12-37-20(15-19)7-11-33-37/h3-7,11,18-19,32,36H,8-10,12-16H2,1-2H3/t18-,19?,29?/m0/s1. The highest BCUT2D eigenvalue weighted by Gasteiger charge is 2.57. The summed E-state index contributed by atoms with van der Waals surface area (Å²) < 4.78 is 4.34. The van der Waals surface area contributed by atoms with Gasteiger partial charge in [-0.05, 0) is 69.2 Å². The lowest BCUT2D eigenvalue weighted by Crippen LogP contribution is -2.47. The van der Waals surface area contributed by atoms with Gasteiger partial charge in [-0.25, -0.2) is 0 Å². The summed E-state index contributed by atoms with van der Waals surface area (Å²) in [5.74, 6) is 2.19. The van der Waals surface area contributed by atoms with E-state index in [1.54, 1.807) is 0 Å². The Morgan fingerprint density at radius 2 is 2.05 bits per heavy atom. The normalized spacial score (nSPS) is 25.7. The summed E-state index contributed by atoms with van der Waals surface area (Å²) in [6.07, 6.45) is 7.34. The number of carbonyl (C=O) groups is 1. The molecule has 3 aromatic heterocycles. The summed E-state index contributed by atoms with van der Waals surface area (Å²) in [7, 11) is 0. The van der Waals surface area contributed by atoms with Gasteiger partial charge in [-0.15, -0.1) is 21.5 Å². The molecule has 1 aromatic carbocycles. The highest BCUT2D eigenvalue weighted by Crippen LogP contribution is 2.56. The average molecular weight is 574 g/mol. The fourth-order valence-electron chi connectivity index (χ4n) is 7.31. The van der Waals surface area contributed by atoms with E-state index in [0.29, 0.717) is 18.4 Å². The SMILES string of the molecule is Cc1nnc2n1-c1sc3c(c1C(C)(c1ccccc1Cl)NC21CC1)C[C@H](C(=O)CNC1CCn2nccc2C1)C3. The third-order valence-corrected chi connectivity index (χ3v) is 11.1. The molecule has 0 radical (unpaired) electrons. The molecule has 1 spiro atoms. The van der Waals surface area contributed by atoms with Crippen LogP contribution in [0.15, 0.2) is 36.5 Å². The fraction of sp³-hybridized carbons (Fsp3) is 0.467. The summed E-state index contributed by atoms with van der Waals surface area (Å²) in [6, 6.07) is 10.6. The van der Waals surface area contributed by atoms with Gasteiger partial charge in [-0.1, -0.05) is 29.8 Å². The van der Waals surface area contributed by atoms with Crippen LogP contribution in [0.3, 0.4) is 0 Å². The number of hydrogen-bond donors (Lipinski definition) is 2. The maximum Gasteiger partial charge on any atom is 0.158 e. The van der Waals surface area contributed by atoms with Crippen LogP contribution in [0.4, 0.5) is 0 Å². The second-order valence-electron chi connectivity index (χ2n) is 12.1. The van der Waals surface area contributed by atoms with E-state index in [2.05, 4.69) is 60.3 Å². The summed E-state index contributed by atoms with van der Waals surface area (Å²) in [6.45, 7) is 5.62. The van der Waals surface area contributed by atoms with E-state index < -0.39 is 5.54 Å². The lowest BCUT2D eigenvalue weighted by molar-refractivity contribution is -0.121. The van der Waals surface area contributed by atoms with Crippen molar-refractivity contribution in [3.05, 3.63) is 80.5 Å². The first-order chi connectivity index (χ1) is 19.4. The number of nitrogens with zero attached hydrogens (tertiary/aromatic N) is 5. The summed E-state index contributed by atoms with van der Waals surface area (Å²) in [5.41, 5.74) is 4.08. The molecular weight excluding hydrogens is 542 g/mol. The van der Waals surface area contributed by atoms with E-state index in [0.717, 1.165) is 67.3 Å². The first kappa shape index (κ1) is 24.9. The number of benzene rings is 1. The Morgan fingerprint density at radius 3 is 2.88 bits per heavy atom. The molecule has 8 rings (SSSR count). The summed E-state index contributed by atoms with van der Waals surface area (Å²) in [4.78, 5) is 14.9. The van der Waals surface area contributed by atoms with Gasteiger partial charge in [0, 0.05) is 52.3 Å². The van der Waals surface area contributed by atoms with E-state index in [4.69, 9.17) is 11.6 Å². The second-order valence-corrected chi connectivity index (χ2v) is 13.6. The van der Waals surface area contributed by atoms with Crippen molar-refractivity contribution in [3.8, 4) is 5.00 Å². The number of nitrogens with one attached hydrogen (secondary N) is 2. The van der Waals surface area contributed by atoms with Crippen molar-refractivity contribution < 1.29 is 4.79 Å². The first-order valence-electron chi connectivity index (χ1n) is 14.3. The minimum absolute atomic E-state index is 0.0109. The Kier molecular flexibility index (Phi) is 5.49. The average Bonchev–Trinajstić information content (AvgIpc) is 3.31. The molecule has 8 nitrogen and oxygen atoms in total. The zero-order valence-electron chi connectivity index (χ0n) is 22.7. The molecule has 0 bridgehead atoms. The fourth-order valence-corrected chi connectivity index (χ4v) is 9.20. The van der Waals surface area contributed by atoms with Gasteiger partial charge in [0.2, 0.25) is 0 Å². The van der Waals surface area contributed by atoms with Crippen molar-refractivity contribution >= 4 is 28.7 Å². The van der Waals surface area contributed by atoms with Gasteiger partial charge in [0.1, 0.15) is 16.6 Å². The molecule has 1 saturated carbocycles. The van der Waals surface area contributed by atoms with E-state index in [9.17, 15) is 4.79 Å². The van der Waals surface area contributed by atoms with Crippen molar-refractivity contribution in [1.82, 2.24) is 35.2 Å². The number of Topliss-reactive ketones (excluding diaryl/α,β-unsaturated/α-hetero) is 1. The number of halogens is 1. The predicted molar refractivity (Wildman–Crippen MR) is 154 cm³/mol. The van der Waals surface area contributed by atoms with Crippen molar-refractivity contribution in [2.75, 3.05) is 6.54 Å². The van der Waals surface area contributed by atoms with Gasteiger partial charge < -0.3 is 5.32 Å². The number of ketones is 1. The molecule has 3 atom stereocenters. The molecule has 4 aliphatic rings. The van der Waals surface area contributed by atoms with Gasteiger partial charge in [-0.2, -0.15) is 5.10 Å². The molecule has 2 aliphatic carbocycles. The predicted octanol–water partition coefficient (Wildman–Crippen LogP) is 4.23. The van der Waals surface area contributed by atoms with Gasteiger partial charge >= 0.3 is 0 Å². The largest absolute Gasteiger partial charge is 0.307 e. The van der Waals surface area contributed by atoms with Gasteiger partial charge in [-0.3, -0.25) is 19.4 Å². The molecular formula is C30H32ClN7OS. The molecule has 10 heteroatoms. The minimum Gasteiger partial charge on any atom is -0.307 e. The van der Waals surface area contributed by atoms with Crippen LogP contribution < -0.4 is 10.6 Å². The molecule has 5 heterocycles. The Bertz CT molecular complexity index is 1670. The quantitative estimate of drug-likeness (QED) is 0.371. The number of thiophene rings is 1. The van der Waals surface area contributed by atoms with E-state index in [-0.39, 0.29) is 11.5 Å². The van der Waals surface area contributed by atoms with Crippen molar-refractivity contribution in [1.29, 1.82) is 0 Å². The number of aryl methyl sites for hydroxylation is 2. The zero-order valence-corrected chi connectivity index (χ0v) is 24.3. The third-order valence-electron chi connectivity index (χ3n) is 9.53. The number of carbonyl (C=O) groups excluding carboxylic acids is 1. The van der Waals surface area contributed by atoms with Crippen LogP contribution in [0.5, 0.6) is 0 Å². The molecule has 4 aromatic rings. The van der Waals surface area contributed by atoms with Crippen LogP contribution in [0.1, 0.15) is 65.1 Å². The Morgan fingerprint density at radius 1 is 1.20 bits per heavy atom. The number of aromatic nitrogens is 5. The zero-order chi connectivity index (χ0) is 27.2. The molecule has 0 amide bonds. The van der Waals surface area contributed by atoms with Gasteiger partial charge in [0.25, 0.3) is 0 Å². The van der Waals surface area contributed by atoms with E-state index in [1.165, 1.54) is 26.7 Å². The highest BCUT2D eigenvalue weighted by molar-refractivity contribution is 7.15. The number of fused-ring (bicyclic) bond motifs is 7. The Labute approximate surface area is 242 Å². The molecule has 2 unspecified atom stereocenters. The van der Waals surface area contributed by atoms with Crippen molar-refractivity contribution in [2.24, 2.45) is 5.92 Å². The monoisotopic (exact) mass is 573 g/mol. The third kappa shape index (κ3) is 3.64. The van der Waals surface area contributed by atoms with E-state index in [1.807, 2.05) is 36.6 Å². The molecule has 2 N–H and O–H groups in total. The van der Waals surface area contributed by atoms with Crippen LogP contribution in [0.25, 0.3) is 5.00 Å². The lowest BCUT2D eigenvalue weighted by Gasteiger charge is -2.35. The van der Waals surface area contributed by atoms with Crippen LogP contribution in [-0.4, -0.2) is 42.9 Å².